The Hall–Kier alpha value is -0.500. The van der Waals surface area contributed by atoms with Crippen molar-refractivity contribution in [1.82, 2.24) is 5.32 Å². The van der Waals surface area contributed by atoms with Gasteiger partial charge in [-0.1, -0.05) is 52.4 Å². The molecule has 0 rings (SSSR count). The van der Waals surface area contributed by atoms with E-state index >= 15 is 0 Å². The fourth-order valence-corrected chi connectivity index (χ4v) is 3.47. The van der Waals surface area contributed by atoms with Crippen LogP contribution in [0.1, 0.15) is 71.6 Å². The number of hydrogen-bond acceptors (Lipinski definition) is 5. The molecule has 0 bridgehead atoms. The first-order chi connectivity index (χ1) is 13.5. The molecule has 0 saturated carbocycles. The van der Waals surface area contributed by atoms with Crippen LogP contribution in [0.3, 0.4) is 0 Å². The van der Waals surface area contributed by atoms with Crippen LogP contribution in [0.5, 0.6) is 0 Å². The molecule has 29 heavy (non-hydrogen) atoms. The predicted octanol–water partition coefficient (Wildman–Crippen LogP) is 3.22. The fraction of sp³-hybridized carbons (Fsp3) is 0.950. The van der Waals surface area contributed by atoms with Crippen LogP contribution < -0.4 is 5.32 Å². The second-order valence-corrected chi connectivity index (χ2v) is 10.1. The van der Waals surface area contributed by atoms with Gasteiger partial charge in [-0.15, -0.1) is 0 Å². The van der Waals surface area contributed by atoms with Gasteiger partial charge in [0.05, 0.1) is 39.9 Å². The summed E-state index contributed by atoms with van der Waals surface area (Å²) in [7, 11) is 1.60. The molecule has 0 aliphatic carbocycles. The number of quaternary nitrogens is 1. The number of phosphoric acid groups is 1. The lowest BCUT2D eigenvalue weighted by molar-refractivity contribution is -0.870. The lowest BCUT2D eigenvalue weighted by Crippen LogP contribution is -2.46. The van der Waals surface area contributed by atoms with Crippen LogP contribution in [-0.4, -0.2) is 73.4 Å². The van der Waals surface area contributed by atoms with Crippen LogP contribution in [0.2, 0.25) is 0 Å². The molecule has 0 saturated heterocycles. The lowest BCUT2D eigenvalue weighted by Gasteiger charge is -2.26. The van der Waals surface area contributed by atoms with E-state index in [2.05, 4.69) is 12.2 Å². The molecule has 174 valence electrons. The number of likely N-dealkylation sites (N-methyl/N-ethyl adjacent to an activating group) is 1. The molecule has 0 aromatic rings. The van der Waals surface area contributed by atoms with Crippen molar-refractivity contribution in [3.63, 3.8) is 0 Å². The van der Waals surface area contributed by atoms with Crippen molar-refractivity contribution in [2.24, 2.45) is 0 Å². The molecule has 3 unspecified atom stereocenters. The van der Waals surface area contributed by atoms with Crippen LogP contribution in [-0.2, 0) is 18.4 Å². The lowest BCUT2D eigenvalue weighted by atomic mass is 10.0. The summed E-state index contributed by atoms with van der Waals surface area (Å²) in [5, 5.41) is 13.2. The van der Waals surface area contributed by atoms with Gasteiger partial charge in [-0.25, -0.2) is 4.57 Å². The molecule has 1 amide bonds. The zero-order chi connectivity index (χ0) is 22.3. The third kappa shape index (κ3) is 16.9. The van der Waals surface area contributed by atoms with E-state index in [0.29, 0.717) is 30.3 Å². The minimum absolute atomic E-state index is 0.0739. The molecule has 0 aromatic carbocycles. The van der Waals surface area contributed by atoms with Crippen LogP contribution in [0.15, 0.2) is 0 Å². The van der Waals surface area contributed by atoms with E-state index < -0.39 is 20.0 Å². The highest BCUT2D eigenvalue weighted by molar-refractivity contribution is 7.47. The van der Waals surface area contributed by atoms with Crippen molar-refractivity contribution in [2.75, 3.05) is 40.9 Å². The Morgan fingerprint density at radius 1 is 1.03 bits per heavy atom. The van der Waals surface area contributed by atoms with Gasteiger partial charge in [0.15, 0.2) is 0 Å². The number of carbonyl (C=O) groups excluding carboxylic acids is 1. The minimum Gasteiger partial charge on any atom is -0.391 e. The highest BCUT2D eigenvalue weighted by Crippen LogP contribution is 2.43. The Labute approximate surface area is 177 Å². The molecule has 9 heteroatoms. The van der Waals surface area contributed by atoms with Gasteiger partial charge in [0.1, 0.15) is 13.2 Å². The summed E-state index contributed by atoms with van der Waals surface area (Å²) < 4.78 is 22.8. The maximum Gasteiger partial charge on any atom is 0.472 e. The molecule has 0 aliphatic rings. The first-order valence-corrected chi connectivity index (χ1v) is 12.4. The number of carbonyl (C=O) groups is 1. The molecule has 3 N–H and O–H groups in total. The van der Waals surface area contributed by atoms with E-state index in [0.717, 1.165) is 19.3 Å². The number of unbranched alkanes of at least 4 members (excludes halogenated alkanes) is 5. The Kier molecular flexibility index (Phi) is 15.1. The summed E-state index contributed by atoms with van der Waals surface area (Å²) >= 11 is 0. The first kappa shape index (κ1) is 28.5. The highest BCUT2D eigenvalue weighted by atomic mass is 31.2. The zero-order valence-electron chi connectivity index (χ0n) is 19.1. The van der Waals surface area contributed by atoms with Crippen molar-refractivity contribution in [1.29, 1.82) is 0 Å². The van der Waals surface area contributed by atoms with Gasteiger partial charge in [0.25, 0.3) is 0 Å². The smallest absolute Gasteiger partial charge is 0.391 e. The van der Waals surface area contributed by atoms with Gasteiger partial charge in [-0.2, -0.15) is 0 Å². The van der Waals surface area contributed by atoms with E-state index in [1.165, 1.54) is 19.3 Å². The Balaban J connectivity index is 4.57. The van der Waals surface area contributed by atoms with E-state index in [-0.39, 0.29) is 19.1 Å². The Morgan fingerprint density at radius 3 is 2.24 bits per heavy atom. The quantitative estimate of drug-likeness (QED) is 0.172. The molecular formula is C20H44N2O6P+. The van der Waals surface area contributed by atoms with Crippen LogP contribution in [0, 0.1) is 0 Å². The van der Waals surface area contributed by atoms with Crippen molar-refractivity contribution in [3.8, 4) is 0 Å². The Morgan fingerprint density at radius 2 is 1.66 bits per heavy atom. The molecule has 0 spiro atoms. The average molecular weight is 440 g/mol. The minimum atomic E-state index is -4.25. The van der Waals surface area contributed by atoms with Gasteiger partial charge < -0.3 is 19.8 Å². The number of aliphatic hydroxyl groups is 1. The topological polar surface area (TPSA) is 105 Å². The summed E-state index contributed by atoms with van der Waals surface area (Å²) in [6, 6.07) is -0.743. The second-order valence-electron chi connectivity index (χ2n) is 8.66. The second kappa shape index (κ2) is 15.3. The van der Waals surface area contributed by atoms with E-state index in [1.807, 2.05) is 28.1 Å². The van der Waals surface area contributed by atoms with Crippen molar-refractivity contribution < 1.29 is 32.9 Å². The maximum atomic E-state index is 12.1. The fourth-order valence-electron chi connectivity index (χ4n) is 2.73. The SMILES string of the molecule is CCCCCCCCC(O)C(COP(=O)(O)OCC[N+](C)(C)C)NC(=O)CCC. The number of nitrogens with one attached hydrogen (secondary N) is 1. The van der Waals surface area contributed by atoms with Crippen molar-refractivity contribution in [3.05, 3.63) is 0 Å². The van der Waals surface area contributed by atoms with Crippen LogP contribution in [0.4, 0.5) is 0 Å². The maximum absolute atomic E-state index is 12.1. The van der Waals surface area contributed by atoms with Crippen LogP contribution >= 0.6 is 7.82 Å². The van der Waals surface area contributed by atoms with Crippen LogP contribution in [0.25, 0.3) is 0 Å². The molecule has 0 radical (unpaired) electrons. The number of phosphoric ester groups is 1. The van der Waals surface area contributed by atoms with Gasteiger partial charge in [0, 0.05) is 6.42 Å². The summed E-state index contributed by atoms with van der Waals surface area (Å²) in [4.78, 5) is 21.9. The molecule has 3 atom stereocenters. The third-order valence-electron chi connectivity index (χ3n) is 4.58. The van der Waals surface area contributed by atoms with E-state index in [1.54, 1.807) is 0 Å². The Bertz CT molecular complexity index is 484. The summed E-state index contributed by atoms with van der Waals surface area (Å²) in [6.07, 6.45) is 7.23. The molecule has 0 aromatic heterocycles. The van der Waals surface area contributed by atoms with Gasteiger partial charge in [-0.05, 0) is 12.8 Å². The van der Waals surface area contributed by atoms with Gasteiger partial charge in [-0.3, -0.25) is 13.8 Å². The van der Waals surface area contributed by atoms with E-state index in [4.69, 9.17) is 9.05 Å². The standard InChI is InChI=1S/C20H43N2O6P/c1-6-8-9-10-11-12-14-19(23)18(21-20(24)13-7-2)17-28-29(25,26)27-16-15-22(3,4)5/h18-19,23H,6-17H2,1-5H3,(H-,21,24,25,26)/p+1. The summed E-state index contributed by atoms with van der Waals surface area (Å²) in [5.41, 5.74) is 0. The summed E-state index contributed by atoms with van der Waals surface area (Å²) in [6.45, 7) is 4.40. The van der Waals surface area contributed by atoms with E-state index in [9.17, 15) is 19.4 Å². The molecule has 8 nitrogen and oxygen atoms in total. The first-order valence-electron chi connectivity index (χ1n) is 10.9. The highest BCUT2D eigenvalue weighted by Gasteiger charge is 2.28. The molecule has 0 heterocycles. The van der Waals surface area contributed by atoms with Crippen molar-refractivity contribution >= 4 is 13.7 Å². The number of nitrogens with zero attached hydrogens (tertiary/aromatic N) is 1. The zero-order valence-corrected chi connectivity index (χ0v) is 20.0. The van der Waals surface area contributed by atoms with Crippen molar-refractivity contribution in [2.45, 2.75) is 83.8 Å². The van der Waals surface area contributed by atoms with Gasteiger partial charge >= 0.3 is 7.82 Å². The number of aliphatic hydroxyl groups excluding tert-OH is 1. The number of hydrogen-bond donors (Lipinski definition) is 3. The summed E-state index contributed by atoms with van der Waals surface area (Å²) in [5.74, 6) is -0.207. The largest absolute Gasteiger partial charge is 0.472 e. The number of rotatable bonds is 18. The average Bonchev–Trinajstić information content (AvgIpc) is 2.60. The predicted molar refractivity (Wildman–Crippen MR) is 115 cm³/mol. The third-order valence-corrected chi connectivity index (χ3v) is 5.56. The number of amides is 1. The normalized spacial score (nSPS) is 16.2. The molecule has 0 fully saturated rings. The van der Waals surface area contributed by atoms with Gasteiger partial charge in [0.2, 0.25) is 5.91 Å². The monoisotopic (exact) mass is 439 g/mol. The molecule has 0 aliphatic heterocycles. The molecular weight excluding hydrogens is 395 g/mol.